The second-order valence-electron chi connectivity index (χ2n) is 4.61. The highest BCUT2D eigenvalue weighted by Crippen LogP contribution is 2.30. The van der Waals surface area contributed by atoms with Gasteiger partial charge in [0.2, 0.25) is 0 Å². The smallest absolute Gasteiger partial charge is 0.189 e. The molecule has 2 aromatic carbocycles. The summed E-state index contributed by atoms with van der Waals surface area (Å²) in [4.78, 5) is 12.2. The van der Waals surface area contributed by atoms with Crippen LogP contribution in [0.2, 0.25) is 0 Å². The molecule has 3 nitrogen and oxygen atoms in total. The topological polar surface area (TPSA) is 57.5 Å². The molecular formula is C16H12O3. The van der Waals surface area contributed by atoms with Gasteiger partial charge < -0.3 is 10.2 Å². The Bertz CT molecular complexity index is 682. The summed E-state index contributed by atoms with van der Waals surface area (Å²) in [6, 6.07) is 11.6. The molecule has 0 aromatic heterocycles. The molecule has 0 bridgehead atoms. The van der Waals surface area contributed by atoms with E-state index in [4.69, 9.17) is 0 Å². The highest BCUT2D eigenvalue weighted by atomic mass is 16.3. The Labute approximate surface area is 110 Å². The highest BCUT2D eigenvalue weighted by Gasteiger charge is 2.24. The highest BCUT2D eigenvalue weighted by molar-refractivity contribution is 6.15. The molecular weight excluding hydrogens is 240 g/mol. The standard InChI is InChI=1S/C16H12O3/c17-13-4-1-10(2-5-13)7-12-8-11-3-6-14(18)9-15(11)16(12)19/h1-7,9,17-18H,8H2/b12-7+. The summed E-state index contributed by atoms with van der Waals surface area (Å²) in [6.45, 7) is 0. The van der Waals surface area contributed by atoms with E-state index in [1.54, 1.807) is 36.4 Å². The molecule has 0 saturated carbocycles. The van der Waals surface area contributed by atoms with Crippen LogP contribution in [-0.2, 0) is 6.42 Å². The average Bonchev–Trinajstić information content (AvgIpc) is 2.70. The van der Waals surface area contributed by atoms with Gasteiger partial charge in [0, 0.05) is 17.6 Å². The maximum absolute atomic E-state index is 12.2. The van der Waals surface area contributed by atoms with Gasteiger partial charge in [0.05, 0.1) is 0 Å². The molecule has 19 heavy (non-hydrogen) atoms. The number of carbonyl (C=O) groups excluding carboxylic acids is 1. The SMILES string of the molecule is O=C1/C(=C/c2ccc(O)cc2)Cc2ccc(O)cc21. The lowest BCUT2D eigenvalue weighted by Crippen LogP contribution is -1.95. The number of ketones is 1. The fraction of sp³-hybridized carbons (Fsp3) is 0.0625. The molecule has 0 saturated heterocycles. The van der Waals surface area contributed by atoms with Crippen molar-refractivity contribution in [1.29, 1.82) is 0 Å². The molecule has 1 aliphatic rings. The maximum Gasteiger partial charge on any atom is 0.189 e. The predicted octanol–water partition coefficient (Wildman–Crippen LogP) is 2.92. The fourth-order valence-corrected chi connectivity index (χ4v) is 2.28. The summed E-state index contributed by atoms with van der Waals surface area (Å²) in [7, 11) is 0. The van der Waals surface area contributed by atoms with E-state index >= 15 is 0 Å². The van der Waals surface area contributed by atoms with Gasteiger partial charge >= 0.3 is 0 Å². The van der Waals surface area contributed by atoms with E-state index < -0.39 is 0 Å². The molecule has 0 heterocycles. The van der Waals surface area contributed by atoms with Crippen molar-refractivity contribution in [2.45, 2.75) is 6.42 Å². The van der Waals surface area contributed by atoms with Gasteiger partial charge in [-0.25, -0.2) is 0 Å². The summed E-state index contributed by atoms with van der Waals surface area (Å²) < 4.78 is 0. The quantitative estimate of drug-likeness (QED) is 0.767. The third-order valence-corrected chi connectivity index (χ3v) is 3.24. The van der Waals surface area contributed by atoms with E-state index in [9.17, 15) is 15.0 Å². The van der Waals surface area contributed by atoms with Crippen molar-refractivity contribution in [2.75, 3.05) is 0 Å². The third-order valence-electron chi connectivity index (χ3n) is 3.24. The van der Waals surface area contributed by atoms with Crippen LogP contribution in [0, 0.1) is 0 Å². The van der Waals surface area contributed by atoms with E-state index in [-0.39, 0.29) is 17.3 Å². The molecule has 0 fully saturated rings. The normalized spacial score (nSPS) is 15.8. The van der Waals surface area contributed by atoms with Crippen LogP contribution in [0.1, 0.15) is 21.5 Å². The van der Waals surface area contributed by atoms with Crippen LogP contribution in [-0.4, -0.2) is 16.0 Å². The molecule has 3 rings (SSSR count). The summed E-state index contributed by atoms with van der Waals surface area (Å²) in [5, 5.41) is 18.6. The first-order valence-electron chi connectivity index (χ1n) is 6.00. The van der Waals surface area contributed by atoms with Gasteiger partial charge in [-0.15, -0.1) is 0 Å². The van der Waals surface area contributed by atoms with Crippen LogP contribution in [0.25, 0.3) is 6.08 Å². The minimum Gasteiger partial charge on any atom is -0.508 e. The summed E-state index contributed by atoms with van der Waals surface area (Å²) in [6.07, 6.45) is 2.40. The second kappa shape index (κ2) is 4.28. The predicted molar refractivity (Wildman–Crippen MR) is 72.2 cm³/mol. The van der Waals surface area contributed by atoms with Crippen LogP contribution in [0.3, 0.4) is 0 Å². The number of fused-ring (bicyclic) bond motifs is 1. The zero-order chi connectivity index (χ0) is 13.4. The first-order valence-corrected chi connectivity index (χ1v) is 6.00. The van der Waals surface area contributed by atoms with Gasteiger partial charge in [-0.1, -0.05) is 18.2 Å². The van der Waals surface area contributed by atoms with Crippen molar-refractivity contribution in [1.82, 2.24) is 0 Å². The monoisotopic (exact) mass is 252 g/mol. The average molecular weight is 252 g/mol. The Morgan fingerprint density at radius 2 is 1.63 bits per heavy atom. The van der Waals surface area contributed by atoms with Gasteiger partial charge in [-0.3, -0.25) is 4.79 Å². The van der Waals surface area contributed by atoms with Gasteiger partial charge in [0.1, 0.15) is 11.5 Å². The molecule has 94 valence electrons. The van der Waals surface area contributed by atoms with E-state index in [1.807, 2.05) is 6.08 Å². The Hall–Kier alpha value is -2.55. The number of allylic oxidation sites excluding steroid dienone is 1. The van der Waals surface area contributed by atoms with Crippen molar-refractivity contribution in [2.24, 2.45) is 0 Å². The van der Waals surface area contributed by atoms with E-state index in [2.05, 4.69) is 0 Å². The van der Waals surface area contributed by atoms with Crippen LogP contribution in [0.4, 0.5) is 0 Å². The minimum atomic E-state index is -0.0426. The van der Waals surface area contributed by atoms with Crippen molar-refractivity contribution < 1.29 is 15.0 Å². The summed E-state index contributed by atoms with van der Waals surface area (Å²) in [5.74, 6) is 0.269. The van der Waals surface area contributed by atoms with Crippen molar-refractivity contribution in [3.8, 4) is 11.5 Å². The Morgan fingerprint density at radius 3 is 2.37 bits per heavy atom. The lowest BCUT2D eigenvalue weighted by molar-refractivity contribution is 0.104. The largest absolute Gasteiger partial charge is 0.508 e. The van der Waals surface area contributed by atoms with Crippen molar-refractivity contribution in [3.63, 3.8) is 0 Å². The number of Topliss-reactive ketones (excluding diaryl/α,β-unsaturated/α-hetero) is 1. The lowest BCUT2D eigenvalue weighted by atomic mass is 10.1. The van der Waals surface area contributed by atoms with Crippen molar-refractivity contribution >= 4 is 11.9 Å². The lowest BCUT2D eigenvalue weighted by Gasteiger charge is -1.97. The zero-order valence-electron chi connectivity index (χ0n) is 10.1. The summed E-state index contributed by atoms with van der Waals surface area (Å²) in [5.41, 5.74) is 3.09. The van der Waals surface area contributed by atoms with Crippen LogP contribution in [0.15, 0.2) is 48.0 Å². The van der Waals surface area contributed by atoms with E-state index in [1.165, 1.54) is 6.07 Å². The molecule has 2 aromatic rings. The van der Waals surface area contributed by atoms with Crippen molar-refractivity contribution in [3.05, 3.63) is 64.7 Å². The number of rotatable bonds is 1. The maximum atomic E-state index is 12.2. The number of aromatic hydroxyl groups is 2. The Kier molecular flexibility index (Phi) is 2.60. The number of hydrogen-bond donors (Lipinski definition) is 2. The van der Waals surface area contributed by atoms with Gasteiger partial charge in [-0.05, 0) is 41.5 Å². The van der Waals surface area contributed by atoms with E-state index in [0.29, 0.717) is 17.6 Å². The Balaban J connectivity index is 1.97. The van der Waals surface area contributed by atoms with Gasteiger partial charge in [0.15, 0.2) is 5.78 Å². The molecule has 0 atom stereocenters. The van der Waals surface area contributed by atoms with Crippen LogP contribution >= 0.6 is 0 Å². The number of benzene rings is 2. The molecule has 1 aliphatic carbocycles. The Morgan fingerprint density at radius 1 is 0.947 bits per heavy atom. The first kappa shape index (κ1) is 11.5. The van der Waals surface area contributed by atoms with E-state index in [0.717, 1.165) is 11.1 Å². The van der Waals surface area contributed by atoms with Gasteiger partial charge in [-0.2, -0.15) is 0 Å². The summed E-state index contributed by atoms with van der Waals surface area (Å²) >= 11 is 0. The van der Waals surface area contributed by atoms with Gasteiger partial charge in [0.25, 0.3) is 0 Å². The molecule has 0 radical (unpaired) electrons. The molecule has 0 amide bonds. The van der Waals surface area contributed by atoms with Crippen LogP contribution < -0.4 is 0 Å². The first-order chi connectivity index (χ1) is 9.13. The molecule has 0 unspecified atom stereocenters. The number of carbonyl (C=O) groups is 1. The number of phenolic OH excluding ortho intramolecular Hbond substituents is 2. The number of hydrogen-bond acceptors (Lipinski definition) is 3. The molecule has 0 spiro atoms. The zero-order valence-corrected chi connectivity index (χ0v) is 10.1. The second-order valence-corrected chi connectivity index (χ2v) is 4.61. The minimum absolute atomic E-state index is 0.0426. The fourth-order valence-electron chi connectivity index (χ4n) is 2.28. The molecule has 0 aliphatic heterocycles. The van der Waals surface area contributed by atoms with Crippen LogP contribution in [0.5, 0.6) is 11.5 Å². The number of phenols is 2. The molecule has 3 heteroatoms. The molecule has 2 N–H and O–H groups in total. The third kappa shape index (κ3) is 2.10.